The van der Waals surface area contributed by atoms with Crippen LogP contribution in [0.4, 0.5) is 0 Å². The Morgan fingerprint density at radius 3 is 2.22 bits per heavy atom. The average molecular weight is 910 g/mol. The van der Waals surface area contributed by atoms with E-state index >= 15 is 0 Å². The van der Waals surface area contributed by atoms with Crippen molar-refractivity contribution in [3.8, 4) is 22.5 Å². The minimum atomic E-state index is -1.72. The number of nitrogens with zero attached hydrogens (tertiary/aromatic N) is 3. The SMILES string of the molecule is [2H]C(C)(C)c1cc(-c2[c-]ccc3c2sc2c4ccc(C)nc4c4ccccc4c32)ncc1CC.[CH3][Ge]([CH3])([CH3])[c]1ccc(-c2[c-]cccc2)nc1.[Ir]. The molecule has 0 amide bonds. The van der Waals surface area contributed by atoms with Gasteiger partial charge in [-0.15, -0.1) is 23.8 Å². The summed E-state index contributed by atoms with van der Waals surface area (Å²) in [5, 5.41) is 6.10. The minimum absolute atomic E-state index is 0. The van der Waals surface area contributed by atoms with Crippen LogP contribution < -0.4 is 4.40 Å². The number of aryl methyl sites for hydroxylation is 2. The molecule has 3 nitrogen and oxygen atoms in total. The van der Waals surface area contributed by atoms with Crippen molar-refractivity contribution in [1.29, 1.82) is 0 Å². The smallest absolute Gasteiger partial charge is 0 e. The van der Waals surface area contributed by atoms with Gasteiger partial charge < -0.3 is 4.98 Å². The van der Waals surface area contributed by atoms with Crippen molar-refractivity contribution < 1.29 is 21.5 Å². The van der Waals surface area contributed by atoms with Crippen molar-refractivity contribution in [3.05, 3.63) is 132 Å². The van der Waals surface area contributed by atoms with Crippen LogP contribution in [0.2, 0.25) is 17.3 Å². The van der Waals surface area contributed by atoms with Crippen LogP contribution in [-0.2, 0) is 26.5 Å². The molecular weight excluding hydrogens is 867 g/mol. The van der Waals surface area contributed by atoms with Gasteiger partial charge in [0.1, 0.15) is 0 Å². The molecule has 0 fully saturated rings. The van der Waals surface area contributed by atoms with Gasteiger partial charge in [0.25, 0.3) is 0 Å². The molecule has 0 aliphatic rings. The van der Waals surface area contributed by atoms with Crippen molar-refractivity contribution in [1.82, 2.24) is 15.0 Å². The molecule has 8 rings (SSSR count). The zero-order chi connectivity index (χ0) is 35.2. The van der Waals surface area contributed by atoms with Crippen molar-refractivity contribution >= 4 is 70.8 Å². The van der Waals surface area contributed by atoms with Gasteiger partial charge in [-0.1, -0.05) is 56.5 Å². The first-order valence-corrected chi connectivity index (χ1v) is 25.1. The van der Waals surface area contributed by atoms with Crippen LogP contribution in [0, 0.1) is 19.1 Å². The number of benzene rings is 4. The summed E-state index contributed by atoms with van der Waals surface area (Å²) in [6.45, 7) is 8.06. The molecule has 253 valence electrons. The zero-order valence-electron chi connectivity index (χ0n) is 30.6. The van der Waals surface area contributed by atoms with Crippen molar-refractivity contribution in [3.63, 3.8) is 0 Å². The Kier molecular flexibility index (Phi) is 10.3. The Hall–Kier alpha value is -3.74. The Labute approximate surface area is 317 Å². The number of hydrogen-bond donors (Lipinski definition) is 0. The first kappa shape index (κ1) is 34.7. The maximum Gasteiger partial charge on any atom is 0 e. The van der Waals surface area contributed by atoms with E-state index in [0.717, 1.165) is 51.3 Å². The van der Waals surface area contributed by atoms with E-state index in [2.05, 4.69) is 102 Å². The van der Waals surface area contributed by atoms with E-state index < -0.39 is 19.2 Å². The maximum atomic E-state index is 8.68. The zero-order valence-corrected chi connectivity index (χ0v) is 34.9. The summed E-state index contributed by atoms with van der Waals surface area (Å²) in [6.07, 6.45) is 4.85. The summed E-state index contributed by atoms with van der Waals surface area (Å²) in [5.74, 6) is 6.45. The van der Waals surface area contributed by atoms with Gasteiger partial charge in [-0.05, 0) is 63.7 Å². The summed E-state index contributed by atoms with van der Waals surface area (Å²) in [5.41, 5.74) is 8.21. The standard InChI is InChI=1S/C30H25N2S.C14H16GeN.Ir/c1-5-19-16-31-26(15-25(19)17(2)3)22-11-8-12-23-27-20-9-6-7-10-21(20)28-24(14-13-18(4)32-28)30(27)33-29(22)23;1-15(2,3)13-9-10-14(16-11-13)12-7-5-4-6-8-12;/h6-10,12-17H,5H2,1-4H3;4-7,9-11H,1-3H3;/q2*-1;/i17D;;. The Balaban J connectivity index is 0.000000222. The third kappa shape index (κ3) is 6.94. The number of hydrogen-bond acceptors (Lipinski definition) is 4. The first-order chi connectivity index (χ1) is 23.9. The first-order valence-electron chi connectivity index (χ1n) is 17.4. The molecule has 1 radical (unpaired) electrons. The molecule has 8 aromatic rings. The Bertz CT molecular complexity index is 2500. The summed E-state index contributed by atoms with van der Waals surface area (Å²) in [4.78, 5) is 14.3. The normalized spacial score (nSPS) is 12.1. The van der Waals surface area contributed by atoms with Crippen LogP contribution in [0.3, 0.4) is 0 Å². The second-order valence-corrected chi connectivity index (χ2v) is 25.5. The van der Waals surface area contributed by atoms with Crippen molar-refractivity contribution in [2.75, 3.05) is 0 Å². The molecule has 0 spiro atoms. The summed E-state index contributed by atoms with van der Waals surface area (Å²) in [6, 6.07) is 38.1. The largest absolute Gasteiger partial charge is 0 e. The van der Waals surface area contributed by atoms with Crippen LogP contribution in [0.25, 0.3) is 64.4 Å². The molecule has 4 heterocycles. The molecule has 0 bridgehead atoms. The van der Waals surface area contributed by atoms with Crippen LogP contribution >= 0.6 is 11.3 Å². The minimum Gasteiger partial charge on any atom is 0 e. The van der Waals surface area contributed by atoms with Gasteiger partial charge in [-0.3, -0.25) is 4.98 Å². The summed E-state index contributed by atoms with van der Waals surface area (Å²) >= 11 is 0.0826. The predicted octanol–water partition coefficient (Wildman–Crippen LogP) is 11.7. The van der Waals surface area contributed by atoms with E-state index in [9.17, 15) is 0 Å². The van der Waals surface area contributed by atoms with Gasteiger partial charge in [-0.25, -0.2) is 0 Å². The topological polar surface area (TPSA) is 38.7 Å². The number of aromatic nitrogens is 3. The molecule has 4 aromatic carbocycles. The molecule has 0 saturated carbocycles. The second kappa shape index (κ2) is 14.9. The summed E-state index contributed by atoms with van der Waals surface area (Å²) < 4.78 is 12.6. The quantitative estimate of drug-likeness (QED) is 0.0981. The van der Waals surface area contributed by atoms with E-state index in [1.165, 1.54) is 40.7 Å². The van der Waals surface area contributed by atoms with Gasteiger partial charge >= 0.3 is 99.8 Å². The Morgan fingerprint density at radius 2 is 1.54 bits per heavy atom. The van der Waals surface area contributed by atoms with Crippen molar-refractivity contribution in [2.24, 2.45) is 0 Å². The molecule has 4 aromatic heterocycles. The van der Waals surface area contributed by atoms with Gasteiger partial charge in [0.05, 0.1) is 5.52 Å². The third-order valence-electron chi connectivity index (χ3n) is 9.16. The fourth-order valence-electron chi connectivity index (χ4n) is 6.48. The molecule has 0 saturated heterocycles. The van der Waals surface area contributed by atoms with Crippen LogP contribution in [-0.4, -0.2) is 28.2 Å². The van der Waals surface area contributed by atoms with Crippen LogP contribution in [0.15, 0.2) is 103 Å². The van der Waals surface area contributed by atoms with Gasteiger partial charge in [0.2, 0.25) is 0 Å². The fourth-order valence-corrected chi connectivity index (χ4v) is 10.00. The molecule has 0 atom stereocenters. The van der Waals surface area contributed by atoms with E-state index in [1.807, 2.05) is 63.5 Å². The number of fused-ring (bicyclic) bond motifs is 8. The number of thiophene rings is 1. The maximum absolute atomic E-state index is 8.68. The predicted molar refractivity (Wildman–Crippen MR) is 214 cm³/mol. The number of pyridine rings is 3. The van der Waals surface area contributed by atoms with Gasteiger partial charge in [0, 0.05) is 48.8 Å². The molecule has 0 aliphatic heterocycles. The Morgan fingerprint density at radius 1 is 0.780 bits per heavy atom. The monoisotopic (exact) mass is 911 g/mol. The van der Waals surface area contributed by atoms with Crippen LogP contribution in [0.1, 0.15) is 44.9 Å². The third-order valence-corrected chi connectivity index (χ3v) is 14.7. The fraction of sp³-hybridized carbons (Fsp3) is 0.205. The molecular formula is C44H41GeIrN3S-2. The number of rotatable bonds is 5. The van der Waals surface area contributed by atoms with E-state index in [4.69, 9.17) is 11.3 Å². The second-order valence-electron chi connectivity index (χ2n) is 13.8. The van der Waals surface area contributed by atoms with Crippen LogP contribution in [0.5, 0.6) is 0 Å². The van der Waals surface area contributed by atoms with Crippen molar-refractivity contribution in [2.45, 2.75) is 57.3 Å². The molecule has 0 unspecified atom stereocenters. The van der Waals surface area contributed by atoms with Gasteiger partial charge in [-0.2, -0.15) is 11.3 Å². The molecule has 6 heteroatoms. The van der Waals surface area contributed by atoms with E-state index in [-0.39, 0.29) is 20.1 Å². The average Bonchev–Trinajstić information content (AvgIpc) is 3.52. The van der Waals surface area contributed by atoms with E-state index in [0.29, 0.717) is 0 Å². The summed E-state index contributed by atoms with van der Waals surface area (Å²) in [7, 11) is 0. The van der Waals surface area contributed by atoms with E-state index in [1.54, 1.807) is 11.3 Å². The van der Waals surface area contributed by atoms with Gasteiger partial charge in [0.15, 0.2) is 0 Å². The molecule has 0 aliphatic carbocycles. The molecule has 0 N–H and O–H groups in total. The molecule has 50 heavy (non-hydrogen) atoms.